The van der Waals surface area contributed by atoms with E-state index in [0.29, 0.717) is 25.6 Å². The smallest absolute Gasteiger partial charge is 0.225 e. The van der Waals surface area contributed by atoms with E-state index >= 15 is 0 Å². The third-order valence-electron chi connectivity index (χ3n) is 5.67. The molecule has 1 aromatic carbocycles. The number of hydrogen-bond donors (Lipinski definition) is 1. The molecular weight excluding hydrogens is 328 g/mol. The van der Waals surface area contributed by atoms with Crippen molar-refractivity contribution in [2.45, 2.75) is 44.6 Å². The maximum atomic E-state index is 12.7. The van der Waals surface area contributed by atoms with E-state index in [-0.39, 0.29) is 23.8 Å². The molecule has 1 atom stereocenters. The van der Waals surface area contributed by atoms with Gasteiger partial charge in [0.05, 0.1) is 12.6 Å². The first kappa shape index (κ1) is 18.9. The summed E-state index contributed by atoms with van der Waals surface area (Å²) in [6, 6.07) is 10.1. The zero-order valence-corrected chi connectivity index (χ0v) is 15.7. The lowest BCUT2D eigenvalue weighted by Crippen LogP contribution is -2.48. The maximum absolute atomic E-state index is 12.7. The molecule has 1 aromatic rings. The van der Waals surface area contributed by atoms with E-state index in [9.17, 15) is 9.59 Å². The molecule has 1 saturated carbocycles. The highest BCUT2D eigenvalue weighted by Crippen LogP contribution is 2.30. The van der Waals surface area contributed by atoms with Gasteiger partial charge in [-0.15, -0.1) is 0 Å². The minimum Gasteiger partial charge on any atom is -0.383 e. The minimum absolute atomic E-state index is 0.00410. The van der Waals surface area contributed by atoms with E-state index in [1.165, 1.54) is 12.0 Å². The van der Waals surface area contributed by atoms with Crippen LogP contribution in [0.25, 0.3) is 0 Å². The monoisotopic (exact) mass is 358 g/mol. The van der Waals surface area contributed by atoms with Crippen LogP contribution >= 0.6 is 0 Å². The lowest BCUT2D eigenvalue weighted by Gasteiger charge is -2.36. The van der Waals surface area contributed by atoms with Gasteiger partial charge in [0, 0.05) is 32.0 Å². The third-order valence-corrected chi connectivity index (χ3v) is 5.67. The summed E-state index contributed by atoms with van der Waals surface area (Å²) >= 11 is 0. The third kappa shape index (κ3) is 4.85. The summed E-state index contributed by atoms with van der Waals surface area (Å²) in [5.74, 6) is 0.642. The fourth-order valence-corrected chi connectivity index (χ4v) is 3.85. The number of carbonyl (C=O) groups is 2. The molecule has 2 amide bonds. The summed E-state index contributed by atoms with van der Waals surface area (Å²) < 4.78 is 5.29. The van der Waals surface area contributed by atoms with Gasteiger partial charge in [0.25, 0.3) is 0 Å². The van der Waals surface area contributed by atoms with Crippen molar-refractivity contribution in [1.82, 2.24) is 10.2 Å². The Kier molecular flexibility index (Phi) is 6.67. The summed E-state index contributed by atoms with van der Waals surface area (Å²) in [4.78, 5) is 27.0. The van der Waals surface area contributed by atoms with E-state index in [2.05, 4.69) is 17.4 Å². The highest BCUT2D eigenvalue weighted by atomic mass is 16.5. The van der Waals surface area contributed by atoms with Crippen LogP contribution in [0, 0.1) is 11.8 Å². The summed E-state index contributed by atoms with van der Waals surface area (Å²) in [7, 11) is 1.66. The summed E-state index contributed by atoms with van der Waals surface area (Å²) in [6.07, 6.45) is 5.54. The second-order valence-electron chi connectivity index (χ2n) is 7.58. The van der Waals surface area contributed by atoms with Gasteiger partial charge in [-0.1, -0.05) is 36.8 Å². The molecule has 0 radical (unpaired) electrons. The molecule has 1 N–H and O–H groups in total. The van der Waals surface area contributed by atoms with Crippen molar-refractivity contribution in [2.75, 3.05) is 26.8 Å². The van der Waals surface area contributed by atoms with Crippen LogP contribution in [0.4, 0.5) is 0 Å². The predicted molar refractivity (Wildman–Crippen MR) is 101 cm³/mol. The zero-order valence-electron chi connectivity index (χ0n) is 15.7. The Balaban J connectivity index is 1.48. The number of carbonyl (C=O) groups excluding carboxylic acids is 2. The van der Waals surface area contributed by atoms with Crippen LogP contribution in [0.15, 0.2) is 30.3 Å². The Labute approximate surface area is 156 Å². The molecule has 142 valence electrons. The number of piperidine rings is 1. The number of likely N-dealkylation sites (tertiary alicyclic amines) is 1. The number of methoxy groups -OCH3 is 1. The van der Waals surface area contributed by atoms with E-state index in [1.54, 1.807) is 7.11 Å². The number of rotatable bonds is 7. The van der Waals surface area contributed by atoms with Crippen LogP contribution in [0.3, 0.4) is 0 Å². The molecule has 1 aliphatic carbocycles. The molecule has 2 aliphatic rings. The molecule has 0 spiro atoms. The largest absolute Gasteiger partial charge is 0.383 e. The number of benzene rings is 1. The number of ether oxygens (including phenoxy) is 1. The van der Waals surface area contributed by atoms with Crippen molar-refractivity contribution in [3.8, 4) is 0 Å². The normalized spacial score (nSPS) is 19.7. The standard InChI is InChI=1S/C21H30N2O3/c1-26-15-19(14-16-6-3-2-4-7-16)22-20(24)17-10-12-23(13-11-17)21(25)18-8-5-9-18/h2-4,6-7,17-19H,5,8-15H2,1H3,(H,22,24)/t19-/m0/s1. The van der Waals surface area contributed by atoms with Crippen molar-refractivity contribution in [3.63, 3.8) is 0 Å². The van der Waals surface area contributed by atoms with Crippen molar-refractivity contribution < 1.29 is 14.3 Å². The van der Waals surface area contributed by atoms with Gasteiger partial charge in [-0.05, 0) is 37.7 Å². The van der Waals surface area contributed by atoms with Crippen LogP contribution in [-0.2, 0) is 20.7 Å². The van der Waals surface area contributed by atoms with Crippen LogP contribution in [0.5, 0.6) is 0 Å². The molecule has 2 fully saturated rings. The Morgan fingerprint density at radius 3 is 2.38 bits per heavy atom. The van der Waals surface area contributed by atoms with Gasteiger partial charge in [0.2, 0.25) is 11.8 Å². The molecule has 26 heavy (non-hydrogen) atoms. The van der Waals surface area contributed by atoms with E-state index in [0.717, 1.165) is 32.1 Å². The molecule has 5 nitrogen and oxygen atoms in total. The zero-order chi connectivity index (χ0) is 18.4. The first-order valence-electron chi connectivity index (χ1n) is 9.79. The molecule has 0 aromatic heterocycles. The van der Waals surface area contributed by atoms with Gasteiger partial charge in [0.15, 0.2) is 0 Å². The predicted octanol–water partition coefficient (Wildman–Crippen LogP) is 2.40. The summed E-state index contributed by atoms with van der Waals surface area (Å²) in [5.41, 5.74) is 1.19. The summed E-state index contributed by atoms with van der Waals surface area (Å²) in [5, 5.41) is 3.16. The van der Waals surface area contributed by atoms with Gasteiger partial charge in [-0.2, -0.15) is 0 Å². The van der Waals surface area contributed by atoms with E-state index in [4.69, 9.17) is 4.74 Å². The fourth-order valence-electron chi connectivity index (χ4n) is 3.85. The first-order chi connectivity index (χ1) is 12.7. The average molecular weight is 358 g/mol. The maximum Gasteiger partial charge on any atom is 0.225 e. The van der Waals surface area contributed by atoms with Gasteiger partial charge in [-0.25, -0.2) is 0 Å². The van der Waals surface area contributed by atoms with Crippen molar-refractivity contribution >= 4 is 11.8 Å². The molecule has 0 unspecified atom stereocenters. The second kappa shape index (κ2) is 9.17. The van der Waals surface area contributed by atoms with Crippen LogP contribution in [0.1, 0.15) is 37.7 Å². The molecule has 0 bridgehead atoms. The quantitative estimate of drug-likeness (QED) is 0.814. The van der Waals surface area contributed by atoms with Gasteiger partial charge in [0.1, 0.15) is 0 Å². The Hall–Kier alpha value is -1.88. The van der Waals surface area contributed by atoms with Crippen LogP contribution < -0.4 is 5.32 Å². The highest BCUT2D eigenvalue weighted by Gasteiger charge is 2.33. The number of amides is 2. The summed E-state index contributed by atoms with van der Waals surface area (Å²) in [6.45, 7) is 1.92. The minimum atomic E-state index is -0.0236. The topological polar surface area (TPSA) is 58.6 Å². The Bertz CT molecular complexity index is 593. The molecule has 5 heteroatoms. The number of nitrogens with zero attached hydrogens (tertiary/aromatic N) is 1. The molecule has 1 saturated heterocycles. The van der Waals surface area contributed by atoms with Crippen molar-refractivity contribution in [1.29, 1.82) is 0 Å². The second-order valence-corrected chi connectivity index (χ2v) is 7.58. The lowest BCUT2D eigenvalue weighted by molar-refractivity contribution is -0.141. The molecular formula is C21H30N2O3. The Morgan fingerprint density at radius 1 is 1.12 bits per heavy atom. The molecule has 3 rings (SSSR count). The van der Waals surface area contributed by atoms with Crippen molar-refractivity contribution in [3.05, 3.63) is 35.9 Å². The van der Waals surface area contributed by atoms with Crippen LogP contribution in [-0.4, -0.2) is 49.6 Å². The molecule has 1 aliphatic heterocycles. The first-order valence-corrected chi connectivity index (χ1v) is 9.79. The fraction of sp³-hybridized carbons (Fsp3) is 0.619. The van der Waals surface area contributed by atoms with Gasteiger partial charge in [-0.3, -0.25) is 9.59 Å². The molecule has 1 heterocycles. The lowest BCUT2D eigenvalue weighted by atomic mass is 9.83. The SMILES string of the molecule is COC[C@H](Cc1ccccc1)NC(=O)C1CCN(C(=O)C2CCC2)CC1. The van der Waals surface area contributed by atoms with Gasteiger partial charge >= 0.3 is 0 Å². The van der Waals surface area contributed by atoms with Crippen LogP contribution in [0.2, 0.25) is 0 Å². The average Bonchev–Trinajstić information content (AvgIpc) is 2.61. The van der Waals surface area contributed by atoms with Crippen molar-refractivity contribution in [2.24, 2.45) is 11.8 Å². The Morgan fingerprint density at radius 2 is 1.81 bits per heavy atom. The number of nitrogens with one attached hydrogen (secondary N) is 1. The van der Waals surface area contributed by atoms with E-state index in [1.807, 2.05) is 23.1 Å². The van der Waals surface area contributed by atoms with E-state index < -0.39 is 0 Å². The number of hydrogen-bond acceptors (Lipinski definition) is 3. The highest BCUT2D eigenvalue weighted by molar-refractivity contribution is 5.81. The van der Waals surface area contributed by atoms with Gasteiger partial charge < -0.3 is 15.0 Å².